The van der Waals surface area contributed by atoms with Crippen molar-refractivity contribution in [3.63, 3.8) is 0 Å². The second-order valence-corrected chi connectivity index (χ2v) is 6.71. The van der Waals surface area contributed by atoms with Gasteiger partial charge in [-0.1, -0.05) is 30.0 Å². The van der Waals surface area contributed by atoms with Crippen molar-refractivity contribution in [3.8, 4) is 16.5 Å². The lowest BCUT2D eigenvalue weighted by atomic mass is 10.2. The largest absolute Gasteiger partial charge is 0.573 e. The van der Waals surface area contributed by atoms with Crippen molar-refractivity contribution in [3.05, 3.63) is 47.3 Å². The summed E-state index contributed by atoms with van der Waals surface area (Å²) in [5.74, 6) is 1.14. The van der Waals surface area contributed by atoms with E-state index in [2.05, 4.69) is 14.9 Å². The molecule has 0 radical (unpaired) electrons. The summed E-state index contributed by atoms with van der Waals surface area (Å²) in [6, 6.07) is 9.73. The van der Waals surface area contributed by atoms with Gasteiger partial charge in [0.2, 0.25) is 0 Å². The molecule has 1 aromatic carbocycles. The second-order valence-electron chi connectivity index (χ2n) is 4.82. The van der Waals surface area contributed by atoms with Gasteiger partial charge in [0, 0.05) is 12.8 Å². The van der Waals surface area contributed by atoms with Crippen LogP contribution in [0.15, 0.2) is 46.9 Å². The molecule has 0 aliphatic heterocycles. The Hall–Kier alpha value is -2.00. The fraction of sp³-hybridized carbons (Fsp3) is 0.200. The van der Waals surface area contributed by atoms with Crippen LogP contribution in [0.5, 0.6) is 5.75 Å². The number of alkyl halides is 3. The summed E-state index contributed by atoms with van der Waals surface area (Å²) in [6.45, 7) is 0. The van der Waals surface area contributed by atoms with E-state index in [0.717, 1.165) is 21.4 Å². The zero-order valence-corrected chi connectivity index (χ0v) is 14.1. The Labute approximate surface area is 144 Å². The standard InChI is InChI=1S/C15H12F3N3OS2/c1-21-13(12-3-2-8-23-12)19-20-14(21)24-9-10-4-6-11(7-5-10)22-15(16,17)18/h2-8H,9H2,1H3. The molecule has 0 aliphatic carbocycles. The highest BCUT2D eigenvalue weighted by Crippen LogP contribution is 2.28. The molecule has 0 atom stereocenters. The van der Waals surface area contributed by atoms with Crippen molar-refractivity contribution < 1.29 is 17.9 Å². The molecule has 3 aromatic rings. The van der Waals surface area contributed by atoms with Crippen LogP contribution in [-0.4, -0.2) is 21.1 Å². The zero-order valence-electron chi connectivity index (χ0n) is 12.4. The van der Waals surface area contributed by atoms with Gasteiger partial charge in [0.25, 0.3) is 0 Å². The number of thioether (sulfide) groups is 1. The van der Waals surface area contributed by atoms with Crippen LogP contribution in [-0.2, 0) is 12.8 Å². The molecule has 0 N–H and O–H groups in total. The fourth-order valence-electron chi connectivity index (χ4n) is 2.00. The summed E-state index contributed by atoms with van der Waals surface area (Å²) in [4.78, 5) is 1.03. The molecule has 0 fully saturated rings. The minimum Gasteiger partial charge on any atom is -0.406 e. The van der Waals surface area contributed by atoms with E-state index in [-0.39, 0.29) is 5.75 Å². The van der Waals surface area contributed by atoms with E-state index in [4.69, 9.17) is 0 Å². The Morgan fingerprint density at radius 3 is 2.54 bits per heavy atom. The summed E-state index contributed by atoms with van der Waals surface area (Å²) in [6.07, 6.45) is -4.67. The Kier molecular flexibility index (Phi) is 4.81. The number of benzene rings is 1. The molecule has 0 spiro atoms. The lowest BCUT2D eigenvalue weighted by Crippen LogP contribution is -2.16. The molecule has 3 rings (SSSR count). The van der Waals surface area contributed by atoms with Crippen LogP contribution in [0.1, 0.15) is 5.56 Å². The van der Waals surface area contributed by atoms with Crippen molar-refractivity contribution in [2.24, 2.45) is 7.05 Å². The first-order valence-electron chi connectivity index (χ1n) is 6.83. The van der Waals surface area contributed by atoms with Crippen molar-refractivity contribution in [1.29, 1.82) is 0 Å². The van der Waals surface area contributed by atoms with Gasteiger partial charge in [0.1, 0.15) is 5.75 Å². The Morgan fingerprint density at radius 2 is 1.92 bits per heavy atom. The Morgan fingerprint density at radius 1 is 1.17 bits per heavy atom. The van der Waals surface area contributed by atoms with Gasteiger partial charge in [-0.2, -0.15) is 0 Å². The van der Waals surface area contributed by atoms with E-state index in [0.29, 0.717) is 5.75 Å². The highest BCUT2D eigenvalue weighted by molar-refractivity contribution is 7.98. The number of aromatic nitrogens is 3. The maximum absolute atomic E-state index is 12.1. The average Bonchev–Trinajstić information content (AvgIpc) is 3.15. The first kappa shape index (κ1) is 16.8. The van der Waals surface area contributed by atoms with Crippen molar-refractivity contribution in [2.75, 3.05) is 0 Å². The maximum atomic E-state index is 12.1. The number of ether oxygens (including phenoxy) is 1. The lowest BCUT2D eigenvalue weighted by molar-refractivity contribution is -0.274. The molecular weight excluding hydrogens is 359 g/mol. The Bertz CT molecular complexity index is 798. The first-order chi connectivity index (χ1) is 11.4. The van der Waals surface area contributed by atoms with Gasteiger partial charge in [0.15, 0.2) is 11.0 Å². The summed E-state index contributed by atoms with van der Waals surface area (Å²) in [5.41, 5.74) is 0.871. The van der Waals surface area contributed by atoms with E-state index in [9.17, 15) is 13.2 Å². The van der Waals surface area contributed by atoms with Gasteiger partial charge in [-0.3, -0.25) is 0 Å². The molecule has 0 bridgehead atoms. The third-order valence-corrected chi connectivity index (χ3v) is 5.06. The smallest absolute Gasteiger partial charge is 0.406 e. The molecule has 0 unspecified atom stereocenters. The fourth-order valence-corrected chi connectivity index (χ4v) is 3.61. The van der Waals surface area contributed by atoms with Crippen LogP contribution in [0.25, 0.3) is 10.7 Å². The molecule has 0 amide bonds. The van der Waals surface area contributed by atoms with E-state index in [1.807, 2.05) is 29.1 Å². The molecular formula is C15H12F3N3OS2. The van der Waals surface area contributed by atoms with E-state index in [1.54, 1.807) is 23.5 Å². The number of halogens is 3. The molecule has 4 nitrogen and oxygen atoms in total. The zero-order chi connectivity index (χ0) is 17.2. The number of hydrogen-bond donors (Lipinski definition) is 0. The third kappa shape index (κ3) is 4.09. The van der Waals surface area contributed by atoms with E-state index >= 15 is 0 Å². The molecule has 0 saturated heterocycles. The maximum Gasteiger partial charge on any atom is 0.573 e. The highest BCUT2D eigenvalue weighted by atomic mass is 32.2. The minimum atomic E-state index is -4.67. The van der Waals surface area contributed by atoms with Gasteiger partial charge >= 0.3 is 6.36 Å². The van der Waals surface area contributed by atoms with Gasteiger partial charge < -0.3 is 9.30 Å². The predicted octanol–water partition coefficient (Wildman–Crippen LogP) is 4.73. The number of rotatable bonds is 5. The van der Waals surface area contributed by atoms with Crippen LogP contribution in [0, 0.1) is 0 Å². The number of hydrogen-bond acceptors (Lipinski definition) is 5. The molecule has 2 aromatic heterocycles. The van der Waals surface area contributed by atoms with Gasteiger partial charge in [-0.25, -0.2) is 0 Å². The molecule has 24 heavy (non-hydrogen) atoms. The van der Waals surface area contributed by atoms with Gasteiger partial charge in [0.05, 0.1) is 4.88 Å². The average molecular weight is 371 g/mol. The van der Waals surface area contributed by atoms with Crippen molar-refractivity contribution >= 4 is 23.1 Å². The molecule has 0 aliphatic rings. The third-order valence-electron chi connectivity index (χ3n) is 3.10. The quantitative estimate of drug-likeness (QED) is 0.608. The summed E-state index contributed by atoms with van der Waals surface area (Å²) in [7, 11) is 1.89. The number of nitrogens with zero attached hydrogens (tertiary/aromatic N) is 3. The topological polar surface area (TPSA) is 39.9 Å². The van der Waals surface area contributed by atoms with Crippen LogP contribution in [0.3, 0.4) is 0 Å². The molecule has 2 heterocycles. The molecule has 0 saturated carbocycles. The molecule has 9 heteroatoms. The SMILES string of the molecule is Cn1c(SCc2ccc(OC(F)(F)F)cc2)nnc1-c1cccs1. The number of thiophene rings is 1. The summed E-state index contributed by atoms with van der Waals surface area (Å²) >= 11 is 3.05. The van der Waals surface area contributed by atoms with Crippen LogP contribution < -0.4 is 4.74 Å². The monoisotopic (exact) mass is 371 g/mol. The van der Waals surface area contributed by atoms with Gasteiger partial charge in [-0.05, 0) is 29.1 Å². The molecule has 126 valence electrons. The summed E-state index contributed by atoms with van der Waals surface area (Å²) in [5, 5.41) is 11.1. The predicted molar refractivity (Wildman–Crippen MR) is 87.0 cm³/mol. The van der Waals surface area contributed by atoms with Crippen molar-refractivity contribution in [1.82, 2.24) is 14.8 Å². The van der Waals surface area contributed by atoms with Gasteiger partial charge in [-0.15, -0.1) is 34.7 Å². The minimum absolute atomic E-state index is 0.227. The first-order valence-corrected chi connectivity index (χ1v) is 8.69. The highest BCUT2D eigenvalue weighted by Gasteiger charge is 2.30. The van der Waals surface area contributed by atoms with E-state index in [1.165, 1.54) is 23.9 Å². The second kappa shape index (κ2) is 6.86. The lowest BCUT2D eigenvalue weighted by Gasteiger charge is -2.09. The normalized spacial score (nSPS) is 11.7. The van der Waals surface area contributed by atoms with Crippen LogP contribution in [0.2, 0.25) is 0 Å². The van der Waals surface area contributed by atoms with E-state index < -0.39 is 6.36 Å². The van der Waals surface area contributed by atoms with Crippen LogP contribution >= 0.6 is 23.1 Å². The summed E-state index contributed by atoms with van der Waals surface area (Å²) < 4.78 is 42.1. The Balaban J connectivity index is 1.64. The van der Waals surface area contributed by atoms with Crippen LogP contribution in [0.4, 0.5) is 13.2 Å². The van der Waals surface area contributed by atoms with Crippen molar-refractivity contribution in [2.45, 2.75) is 17.3 Å².